The molecule has 1 aromatic carbocycles. The number of rotatable bonds is 6. The molecule has 0 aliphatic carbocycles. The Morgan fingerprint density at radius 2 is 1.94 bits per heavy atom. The van der Waals surface area contributed by atoms with Gasteiger partial charge in [-0.15, -0.1) is 0 Å². The topological polar surface area (TPSA) is 79.2 Å². The lowest BCUT2D eigenvalue weighted by molar-refractivity contribution is 0.242. The highest BCUT2D eigenvalue weighted by atomic mass is 32.2. The molecule has 1 aromatic rings. The first kappa shape index (κ1) is 14.5. The van der Waals surface area contributed by atoms with Crippen LogP contribution in [0.1, 0.15) is 20.3 Å². The highest BCUT2D eigenvalue weighted by Gasteiger charge is 2.13. The van der Waals surface area contributed by atoms with Crippen LogP contribution in [0.2, 0.25) is 0 Å². The molecule has 0 atom stereocenters. The molecular formula is C12H16N2O3S. The van der Waals surface area contributed by atoms with Crippen LogP contribution in [0.15, 0.2) is 29.2 Å². The van der Waals surface area contributed by atoms with Crippen molar-refractivity contribution >= 4 is 10.0 Å². The second-order valence-electron chi connectivity index (χ2n) is 3.94. The summed E-state index contributed by atoms with van der Waals surface area (Å²) < 4.78 is 31.3. The molecule has 0 fully saturated rings. The van der Waals surface area contributed by atoms with Gasteiger partial charge >= 0.3 is 0 Å². The van der Waals surface area contributed by atoms with E-state index in [0.717, 1.165) is 0 Å². The number of nitrogens with zero attached hydrogens (tertiary/aromatic N) is 1. The average Bonchev–Trinajstić information content (AvgIpc) is 2.29. The van der Waals surface area contributed by atoms with Crippen LogP contribution < -0.4 is 9.46 Å². The Labute approximate surface area is 107 Å². The molecule has 0 heterocycles. The lowest BCUT2D eigenvalue weighted by Crippen LogP contribution is -2.24. The summed E-state index contributed by atoms with van der Waals surface area (Å²) in [5.74, 6) is 0.626. The summed E-state index contributed by atoms with van der Waals surface area (Å²) in [5, 5.41) is 8.35. The minimum absolute atomic E-state index is 0.0428. The van der Waals surface area contributed by atoms with E-state index in [1.807, 2.05) is 19.9 Å². The van der Waals surface area contributed by atoms with Crippen LogP contribution in [0.5, 0.6) is 5.75 Å². The first-order valence-corrected chi connectivity index (χ1v) is 7.07. The Morgan fingerprint density at radius 1 is 1.33 bits per heavy atom. The van der Waals surface area contributed by atoms with Crippen LogP contribution in [0.4, 0.5) is 0 Å². The Bertz CT molecular complexity index is 515. The Morgan fingerprint density at radius 3 is 2.44 bits per heavy atom. The molecule has 0 radical (unpaired) electrons. The third-order valence-electron chi connectivity index (χ3n) is 2.03. The molecule has 0 amide bonds. The summed E-state index contributed by atoms with van der Waals surface area (Å²) >= 11 is 0. The van der Waals surface area contributed by atoms with E-state index in [4.69, 9.17) is 10.00 Å². The van der Waals surface area contributed by atoms with Gasteiger partial charge in [0.05, 0.1) is 17.1 Å². The predicted octanol–water partition coefficient (Wildman–Crippen LogP) is 1.67. The van der Waals surface area contributed by atoms with Gasteiger partial charge in [0.1, 0.15) is 5.75 Å². The molecule has 0 saturated heterocycles. The van der Waals surface area contributed by atoms with E-state index in [-0.39, 0.29) is 24.0 Å². The van der Waals surface area contributed by atoms with Crippen molar-refractivity contribution in [2.45, 2.75) is 31.3 Å². The molecule has 0 bridgehead atoms. The Kier molecular flexibility index (Phi) is 5.13. The number of sulfonamides is 1. The smallest absolute Gasteiger partial charge is 0.240 e. The van der Waals surface area contributed by atoms with E-state index in [9.17, 15) is 8.42 Å². The van der Waals surface area contributed by atoms with Crippen molar-refractivity contribution in [3.63, 3.8) is 0 Å². The lowest BCUT2D eigenvalue weighted by Gasteiger charge is -2.10. The third-order valence-corrected chi connectivity index (χ3v) is 3.51. The molecule has 5 nitrogen and oxygen atoms in total. The lowest BCUT2D eigenvalue weighted by atomic mass is 10.3. The molecular weight excluding hydrogens is 252 g/mol. The molecule has 0 aliphatic rings. The Balaban J connectivity index is 2.75. The van der Waals surface area contributed by atoms with Crippen molar-refractivity contribution in [2.75, 3.05) is 6.54 Å². The summed E-state index contributed by atoms with van der Waals surface area (Å²) in [6.45, 7) is 3.91. The zero-order valence-electron chi connectivity index (χ0n) is 10.4. The van der Waals surface area contributed by atoms with Crippen molar-refractivity contribution in [2.24, 2.45) is 0 Å². The van der Waals surface area contributed by atoms with Crippen LogP contribution in [-0.4, -0.2) is 21.1 Å². The molecule has 0 aliphatic heterocycles. The van der Waals surface area contributed by atoms with Crippen LogP contribution >= 0.6 is 0 Å². The van der Waals surface area contributed by atoms with Gasteiger partial charge in [-0.2, -0.15) is 5.26 Å². The summed E-state index contributed by atoms with van der Waals surface area (Å²) in [7, 11) is -3.53. The number of hydrogen-bond donors (Lipinski definition) is 1. The molecule has 0 unspecified atom stereocenters. The number of nitrogens with one attached hydrogen (secondary N) is 1. The second kappa shape index (κ2) is 6.38. The van der Waals surface area contributed by atoms with Crippen LogP contribution in [0.3, 0.4) is 0 Å². The molecule has 0 saturated carbocycles. The number of benzene rings is 1. The third kappa shape index (κ3) is 4.35. The number of hydrogen-bond acceptors (Lipinski definition) is 4. The van der Waals surface area contributed by atoms with Crippen molar-refractivity contribution in [1.82, 2.24) is 4.72 Å². The molecule has 6 heteroatoms. The quantitative estimate of drug-likeness (QED) is 0.796. The minimum Gasteiger partial charge on any atom is -0.491 e. The molecule has 0 aromatic heterocycles. The maximum absolute atomic E-state index is 11.8. The van der Waals surface area contributed by atoms with E-state index in [0.29, 0.717) is 5.75 Å². The van der Waals surface area contributed by atoms with E-state index in [1.165, 1.54) is 12.1 Å². The summed E-state index contributed by atoms with van der Waals surface area (Å²) in [6.07, 6.45) is 0.189. The van der Waals surface area contributed by atoms with Crippen molar-refractivity contribution in [1.29, 1.82) is 5.26 Å². The fourth-order valence-corrected chi connectivity index (χ4v) is 2.33. The molecule has 1 rings (SSSR count). The first-order valence-electron chi connectivity index (χ1n) is 5.59. The molecule has 0 spiro atoms. The van der Waals surface area contributed by atoms with Gasteiger partial charge in [0, 0.05) is 13.0 Å². The summed E-state index contributed by atoms with van der Waals surface area (Å²) in [4.78, 5) is 0.163. The zero-order chi connectivity index (χ0) is 13.6. The molecule has 18 heavy (non-hydrogen) atoms. The predicted molar refractivity (Wildman–Crippen MR) is 67.6 cm³/mol. The summed E-state index contributed by atoms with van der Waals surface area (Å²) in [6, 6.07) is 8.05. The van der Waals surface area contributed by atoms with Gasteiger partial charge in [0.2, 0.25) is 10.0 Å². The molecule has 1 N–H and O–H groups in total. The fraction of sp³-hybridized carbons (Fsp3) is 0.417. The van der Waals surface area contributed by atoms with Gasteiger partial charge in [0.15, 0.2) is 0 Å². The van der Waals surface area contributed by atoms with Gasteiger partial charge in [-0.1, -0.05) is 0 Å². The Hall–Kier alpha value is -1.58. The number of ether oxygens (including phenoxy) is 1. The van der Waals surface area contributed by atoms with Gasteiger partial charge in [-0.25, -0.2) is 13.1 Å². The van der Waals surface area contributed by atoms with Gasteiger partial charge in [0.25, 0.3) is 0 Å². The van der Waals surface area contributed by atoms with E-state index in [1.54, 1.807) is 12.1 Å². The fourth-order valence-electron chi connectivity index (χ4n) is 1.29. The van der Waals surface area contributed by atoms with Gasteiger partial charge < -0.3 is 4.74 Å². The zero-order valence-corrected chi connectivity index (χ0v) is 11.2. The highest BCUT2D eigenvalue weighted by molar-refractivity contribution is 7.89. The van der Waals surface area contributed by atoms with Crippen molar-refractivity contribution < 1.29 is 13.2 Å². The second-order valence-corrected chi connectivity index (χ2v) is 5.71. The largest absolute Gasteiger partial charge is 0.491 e. The van der Waals surface area contributed by atoms with Crippen LogP contribution in [0.25, 0.3) is 0 Å². The normalized spacial score (nSPS) is 11.2. The SMILES string of the molecule is CC(C)Oc1ccc(S(=O)(=O)NCCC#N)cc1. The summed E-state index contributed by atoms with van der Waals surface area (Å²) in [5.41, 5.74) is 0. The monoisotopic (exact) mass is 268 g/mol. The van der Waals surface area contributed by atoms with Crippen LogP contribution in [-0.2, 0) is 10.0 Å². The minimum atomic E-state index is -3.53. The maximum Gasteiger partial charge on any atom is 0.240 e. The molecule has 98 valence electrons. The van der Waals surface area contributed by atoms with E-state index in [2.05, 4.69) is 4.72 Å². The van der Waals surface area contributed by atoms with E-state index < -0.39 is 10.0 Å². The van der Waals surface area contributed by atoms with Crippen molar-refractivity contribution in [3.05, 3.63) is 24.3 Å². The van der Waals surface area contributed by atoms with Crippen LogP contribution in [0, 0.1) is 11.3 Å². The average molecular weight is 268 g/mol. The first-order chi connectivity index (χ1) is 8.45. The standard InChI is InChI=1S/C12H16N2O3S/c1-10(2)17-11-4-6-12(7-5-11)18(15,16)14-9-3-8-13/h4-7,10,14H,3,9H2,1-2H3. The van der Waals surface area contributed by atoms with Crippen molar-refractivity contribution in [3.8, 4) is 11.8 Å². The van der Waals surface area contributed by atoms with Gasteiger partial charge in [-0.3, -0.25) is 0 Å². The number of nitriles is 1. The highest BCUT2D eigenvalue weighted by Crippen LogP contribution is 2.16. The van der Waals surface area contributed by atoms with E-state index >= 15 is 0 Å². The van der Waals surface area contributed by atoms with Gasteiger partial charge in [-0.05, 0) is 38.1 Å². The maximum atomic E-state index is 11.8.